The SMILES string of the molecule is C=C=C(c1ccccc1)N(Cc1ccccc1)S(=O)(=O)c1ccc(C)cc1. The summed E-state index contributed by atoms with van der Waals surface area (Å²) in [7, 11) is -3.78. The molecular weight excluding hydrogens is 354 g/mol. The van der Waals surface area contributed by atoms with E-state index in [0.29, 0.717) is 5.70 Å². The lowest BCUT2D eigenvalue weighted by Crippen LogP contribution is -2.29. The van der Waals surface area contributed by atoms with Gasteiger partial charge < -0.3 is 0 Å². The Balaban J connectivity index is 2.12. The van der Waals surface area contributed by atoms with Gasteiger partial charge in [0.15, 0.2) is 0 Å². The molecule has 0 bridgehead atoms. The van der Waals surface area contributed by atoms with Gasteiger partial charge in [0.25, 0.3) is 10.0 Å². The fourth-order valence-electron chi connectivity index (χ4n) is 2.80. The van der Waals surface area contributed by atoms with Gasteiger partial charge in [-0.15, -0.1) is 5.73 Å². The Labute approximate surface area is 161 Å². The lowest BCUT2D eigenvalue weighted by Gasteiger charge is -2.26. The van der Waals surface area contributed by atoms with Crippen LogP contribution in [0.5, 0.6) is 0 Å². The van der Waals surface area contributed by atoms with Gasteiger partial charge in [-0.3, -0.25) is 4.31 Å². The molecule has 0 atom stereocenters. The smallest absolute Gasteiger partial charge is 0.254 e. The van der Waals surface area contributed by atoms with Gasteiger partial charge in [0.05, 0.1) is 11.4 Å². The molecule has 0 aromatic heterocycles. The van der Waals surface area contributed by atoms with Crippen LogP contribution in [0, 0.1) is 6.92 Å². The van der Waals surface area contributed by atoms with Crippen LogP contribution in [0.4, 0.5) is 0 Å². The first-order valence-corrected chi connectivity index (χ1v) is 10.0. The third-order valence-electron chi connectivity index (χ3n) is 4.24. The van der Waals surface area contributed by atoms with Crippen LogP contribution in [0.2, 0.25) is 0 Å². The predicted molar refractivity (Wildman–Crippen MR) is 109 cm³/mol. The monoisotopic (exact) mass is 375 g/mol. The summed E-state index contributed by atoms with van der Waals surface area (Å²) in [6.07, 6.45) is 0. The quantitative estimate of drug-likeness (QED) is 0.568. The van der Waals surface area contributed by atoms with Crippen molar-refractivity contribution >= 4 is 15.7 Å². The summed E-state index contributed by atoms with van der Waals surface area (Å²) in [5.41, 5.74) is 5.91. The van der Waals surface area contributed by atoms with Crippen molar-refractivity contribution < 1.29 is 8.42 Å². The van der Waals surface area contributed by atoms with Crippen LogP contribution >= 0.6 is 0 Å². The third-order valence-corrected chi connectivity index (χ3v) is 6.00. The van der Waals surface area contributed by atoms with Crippen LogP contribution in [0.1, 0.15) is 16.7 Å². The van der Waals surface area contributed by atoms with Gasteiger partial charge >= 0.3 is 0 Å². The molecule has 0 amide bonds. The van der Waals surface area contributed by atoms with Crippen molar-refractivity contribution in [2.24, 2.45) is 0 Å². The van der Waals surface area contributed by atoms with Gasteiger partial charge in [-0.25, -0.2) is 8.42 Å². The molecule has 3 rings (SSSR count). The topological polar surface area (TPSA) is 37.4 Å². The number of hydrogen-bond acceptors (Lipinski definition) is 2. The average molecular weight is 375 g/mol. The molecule has 0 heterocycles. The van der Waals surface area contributed by atoms with E-state index >= 15 is 0 Å². The fraction of sp³-hybridized carbons (Fsp3) is 0.0870. The lowest BCUT2D eigenvalue weighted by atomic mass is 10.1. The second kappa shape index (κ2) is 8.09. The highest BCUT2D eigenvalue weighted by Crippen LogP contribution is 2.28. The van der Waals surface area contributed by atoms with E-state index in [1.165, 1.54) is 4.31 Å². The molecule has 3 nitrogen and oxygen atoms in total. The second-order valence-corrected chi connectivity index (χ2v) is 8.06. The summed E-state index contributed by atoms with van der Waals surface area (Å²) < 4.78 is 28.3. The van der Waals surface area contributed by atoms with Gasteiger partial charge in [-0.2, -0.15) is 0 Å². The number of sulfonamides is 1. The van der Waals surface area contributed by atoms with E-state index in [1.54, 1.807) is 24.3 Å². The number of aryl methyl sites for hydroxylation is 1. The minimum Gasteiger partial charge on any atom is -0.254 e. The second-order valence-electron chi connectivity index (χ2n) is 6.20. The Hall–Kier alpha value is -3.07. The van der Waals surface area contributed by atoms with Gasteiger partial charge in [0.1, 0.15) is 5.70 Å². The molecule has 0 radical (unpaired) electrons. The van der Waals surface area contributed by atoms with E-state index in [9.17, 15) is 8.42 Å². The normalized spacial score (nSPS) is 10.9. The number of nitrogens with zero attached hydrogens (tertiary/aromatic N) is 1. The highest BCUT2D eigenvalue weighted by molar-refractivity contribution is 7.89. The van der Waals surface area contributed by atoms with E-state index in [1.807, 2.05) is 67.6 Å². The first kappa shape index (κ1) is 18.7. The molecule has 0 fully saturated rings. The largest absolute Gasteiger partial charge is 0.265 e. The van der Waals surface area contributed by atoms with Crippen LogP contribution in [-0.2, 0) is 16.6 Å². The first-order chi connectivity index (χ1) is 13.0. The first-order valence-electron chi connectivity index (χ1n) is 8.61. The van der Waals surface area contributed by atoms with E-state index in [0.717, 1.165) is 16.7 Å². The highest BCUT2D eigenvalue weighted by Gasteiger charge is 2.27. The van der Waals surface area contributed by atoms with Crippen molar-refractivity contribution in [3.05, 3.63) is 114 Å². The zero-order valence-corrected chi connectivity index (χ0v) is 16.0. The maximum absolute atomic E-state index is 13.5. The molecule has 136 valence electrons. The number of hydrogen-bond donors (Lipinski definition) is 0. The summed E-state index contributed by atoms with van der Waals surface area (Å²) in [5.74, 6) is 0. The molecule has 3 aromatic rings. The van der Waals surface area contributed by atoms with Crippen molar-refractivity contribution in [2.75, 3.05) is 0 Å². The molecule has 0 saturated carbocycles. The van der Waals surface area contributed by atoms with E-state index < -0.39 is 10.0 Å². The van der Waals surface area contributed by atoms with E-state index in [-0.39, 0.29) is 11.4 Å². The lowest BCUT2D eigenvalue weighted by molar-refractivity contribution is 0.507. The van der Waals surface area contributed by atoms with Crippen LogP contribution in [0.15, 0.2) is 102 Å². The molecule has 0 aliphatic carbocycles. The van der Waals surface area contributed by atoms with Crippen molar-refractivity contribution in [1.82, 2.24) is 4.31 Å². The molecule has 4 heteroatoms. The van der Waals surface area contributed by atoms with E-state index in [4.69, 9.17) is 0 Å². The molecule has 3 aromatic carbocycles. The Morgan fingerprint density at radius 3 is 2.00 bits per heavy atom. The van der Waals surface area contributed by atoms with Gasteiger partial charge in [-0.05, 0) is 24.6 Å². The van der Waals surface area contributed by atoms with Crippen LogP contribution in [0.3, 0.4) is 0 Å². The Morgan fingerprint density at radius 1 is 0.889 bits per heavy atom. The van der Waals surface area contributed by atoms with Crippen LogP contribution in [0.25, 0.3) is 5.70 Å². The summed E-state index contributed by atoms with van der Waals surface area (Å²) in [4.78, 5) is 0.243. The van der Waals surface area contributed by atoms with E-state index in [2.05, 4.69) is 12.3 Å². The molecule has 0 spiro atoms. The van der Waals surface area contributed by atoms with Gasteiger partial charge in [-0.1, -0.05) is 84.9 Å². The molecule has 0 saturated heterocycles. The van der Waals surface area contributed by atoms with Crippen molar-refractivity contribution in [1.29, 1.82) is 0 Å². The maximum Gasteiger partial charge on any atom is 0.265 e. The van der Waals surface area contributed by atoms with Crippen LogP contribution < -0.4 is 0 Å². The van der Waals surface area contributed by atoms with Crippen molar-refractivity contribution in [3.63, 3.8) is 0 Å². The summed E-state index contributed by atoms with van der Waals surface area (Å²) >= 11 is 0. The Morgan fingerprint density at radius 2 is 1.44 bits per heavy atom. The maximum atomic E-state index is 13.5. The standard InChI is InChI=1S/C23H21NO2S/c1-3-23(21-12-8-5-9-13-21)24(18-20-10-6-4-7-11-20)27(25,26)22-16-14-19(2)15-17-22/h4-17H,1,18H2,2H3. The van der Waals surface area contributed by atoms with Crippen LogP contribution in [-0.4, -0.2) is 12.7 Å². The zero-order chi connectivity index (χ0) is 19.3. The molecule has 27 heavy (non-hydrogen) atoms. The summed E-state index contributed by atoms with van der Waals surface area (Å²) in [6.45, 7) is 5.88. The molecule has 0 aliphatic rings. The van der Waals surface area contributed by atoms with Gasteiger partial charge in [0.2, 0.25) is 0 Å². The Bertz CT molecular complexity index is 1050. The number of rotatable bonds is 6. The highest BCUT2D eigenvalue weighted by atomic mass is 32.2. The van der Waals surface area contributed by atoms with Crippen molar-refractivity contribution in [3.8, 4) is 0 Å². The fourth-order valence-corrected chi connectivity index (χ4v) is 4.27. The summed E-state index contributed by atoms with van der Waals surface area (Å²) in [6, 6.07) is 25.7. The minimum atomic E-state index is -3.78. The third kappa shape index (κ3) is 4.20. The molecule has 0 unspecified atom stereocenters. The Kier molecular flexibility index (Phi) is 5.60. The average Bonchev–Trinajstić information content (AvgIpc) is 2.70. The molecule has 0 aliphatic heterocycles. The minimum absolute atomic E-state index is 0.198. The van der Waals surface area contributed by atoms with Crippen molar-refractivity contribution in [2.45, 2.75) is 18.4 Å². The summed E-state index contributed by atoms with van der Waals surface area (Å²) in [5, 5.41) is 0. The number of benzene rings is 3. The predicted octanol–water partition coefficient (Wildman–Crippen LogP) is 5.01. The molecular formula is C23H21NO2S. The van der Waals surface area contributed by atoms with Gasteiger partial charge in [0, 0.05) is 5.56 Å². The molecule has 0 N–H and O–H groups in total. The zero-order valence-electron chi connectivity index (χ0n) is 15.2.